The molecule has 1 atom stereocenters. The second-order valence-electron chi connectivity index (χ2n) is 5.29. The molecule has 0 amide bonds. The van der Waals surface area contributed by atoms with E-state index in [2.05, 4.69) is 20.8 Å². The van der Waals surface area contributed by atoms with Crippen molar-refractivity contribution in [3.05, 3.63) is 44.4 Å². The number of hydrogen-bond donors (Lipinski definition) is 0. The van der Waals surface area contributed by atoms with E-state index in [9.17, 15) is 4.79 Å². The molecule has 2 aromatic rings. The summed E-state index contributed by atoms with van der Waals surface area (Å²) in [5.74, 6) is 0. The maximum atomic E-state index is 12.7. The maximum absolute atomic E-state index is 12.7. The Morgan fingerprint density at radius 1 is 1.37 bits per heavy atom. The summed E-state index contributed by atoms with van der Waals surface area (Å²) in [6.07, 6.45) is 4.98. The Bertz CT molecular complexity index is 724. The summed E-state index contributed by atoms with van der Waals surface area (Å²) in [5.41, 5.74) is 2.79. The Balaban J connectivity index is 2.02. The normalized spacial score (nSPS) is 22.5. The quantitative estimate of drug-likeness (QED) is 0.746. The molecule has 2 aliphatic rings. The van der Waals surface area contributed by atoms with Crippen LogP contribution >= 0.6 is 15.9 Å². The summed E-state index contributed by atoms with van der Waals surface area (Å²) in [4.78, 5) is 19.8. The van der Waals surface area contributed by atoms with Gasteiger partial charge in [-0.1, -0.05) is 15.9 Å². The van der Waals surface area contributed by atoms with Crippen molar-refractivity contribution in [3.8, 4) is 0 Å². The largest absolute Gasteiger partial charge is 0.296 e. The van der Waals surface area contributed by atoms with Crippen LogP contribution in [-0.2, 0) is 6.42 Å². The van der Waals surface area contributed by atoms with E-state index in [1.807, 2.05) is 18.3 Å². The predicted molar refractivity (Wildman–Crippen MR) is 76.4 cm³/mol. The third-order valence-electron chi connectivity index (χ3n) is 4.24. The van der Waals surface area contributed by atoms with Crippen molar-refractivity contribution in [3.63, 3.8) is 0 Å². The topological polar surface area (TPSA) is 37.6 Å². The van der Waals surface area contributed by atoms with Crippen LogP contribution in [0.4, 0.5) is 0 Å². The van der Waals surface area contributed by atoms with Crippen LogP contribution in [0.5, 0.6) is 0 Å². The van der Waals surface area contributed by atoms with Gasteiger partial charge in [0.15, 0.2) is 0 Å². The van der Waals surface area contributed by atoms with Crippen molar-refractivity contribution in [2.24, 2.45) is 0 Å². The fraction of sp³-hybridized carbons (Fsp3) is 0.429. The highest BCUT2D eigenvalue weighted by atomic mass is 79.9. The number of hydrogen-bond acceptors (Lipinski definition) is 3. The monoisotopic (exact) mass is 319 g/mol. The molecule has 0 unspecified atom stereocenters. The molecule has 2 aromatic heterocycles. The van der Waals surface area contributed by atoms with Gasteiger partial charge in [-0.05, 0) is 31.5 Å². The molecule has 5 heteroatoms. The highest BCUT2D eigenvalue weighted by Gasteiger charge is 2.34. The fourth-order valence-electron chi connectivity index (χ4n) is 3.37. The van der Waals surface area contributed by atoms with Crippen LogP contribution in [0, 0.1) is 0 Å². The Hall–Kier alpha value is -1.20. The van der Waals surface area contributed by atoms with Gasteiger partial charge in [-0.3, -0.25) is 14.1 Å². The lowest BCUT2D eigenvalue weighted by Gasteiger charge is -2.30. The van der Waals surface area contributed by atoms with Crippen molar-refractivity contribution in [1.82, 2.24) is 14.3 Å². The maximum Gasteiger partial charge on any atom is 0.262 e. The molecule has 0 radical (unpaired) electrons. The molecule has 0 spiro atoms. The minimum atomic E-state index is 0.115. The van der Waals surface area contributed by atoms with Crippen LogP contribution in [0.3, 0.4) is 0 Å². The first-order valence-corrected chi connectivity index (χ1v) is 7.48. The smallest absolute Gasteiger partial charge is 0.262 e. The minimum Gasteiger partial charge on any atom is -0.296 e. The lowest BCUT2D eigenvalue weighted by atomic mass is 9.98. The van der Waals surface area contributed by atoms with Crippen LogP contribution in [0.25, 0.3) is 5.65 Å². The zero-order chi connectivity index (χ0) is 13.0. The van der Waals surface area contributed by atoms with E-state index < -0.39 is 0 Å². The van der Waals surface area contributed by atoms with E-state index >= 15 is 0 Å². The highest BCUT2D eigenvalue weighted by molar-refractivity contribution is 9.10. The Kier molecular flexibility index (Phi) is 2.53. The van der Waals surface area contributed by atoms with Gasteiger partial charge in [0, 0.05) is 29.7 Å². The van der Waals surface area contributed by atoms with Crippen LogP contribution in [0.1, 0.15) is 30.1 Å². The molecule has 1 saturated heterocycles. The number of rotatable bonds is 0. The first-order valence-electron chi connectivity index (χ1n) is 6.69. The first-order chi connectivity index (χ1) is 9.24. The van der Waals surface area contributed by atoms with Crippen LogP contribution in [0.2, 0.25) is 0 Å². The number of aromatic nitrogens is 2. The van der Waals surface area contributed by atoms with Gasteiger partial charge in [0.25, 0.3) is 5.56 Å². The summed E-state index contributed by atoms with van der Waals surface area (Å²) in [6, 6.07) is 4.09. The van der Waals surface area contributed by atoms with E-state index in [4.69, 9.17) is 4.98 Å². The Morgan fingerprint density at radius 2 is 2.26 bits per heavy atom. The third kappa shape index (κ3) is 1.68. The molecule has 98 valence electrons. The van der Waals surface area contributed by atoms with Crippen LogP contribution in [-0.4, -0.2) is 27.4 Å². The summed E-state index contributed by atoms with van der Waals surface area (Å²) in [5, 5.41) is 0. The number of pyridine rings is 1. The lowest BCUT2D eigenvalue weighted by molar-refractivity contribution is 0.239. The molecule has 4 nitrogen and oxygen atoms in total. The van der Waals surface area contributed by atoms with Gasteiger partial charge in [0.1, 0.15) is 5.65 Å². The van der Waals surface area contributed by atoms with Gasteiger partial charge in [-0.25, -0.2) is 4.98 Å². The molecule has 0 saturated carbocycles. The van der Waals surface area contributed by atoms with Gasteiger partial charge in [-0.15, -0.1) is 0 Å². The molecule has 4 rings (SSSR count). The average molecular weight is 320 g/mol. The molecule has 19 heavy (non-hydrogen) atoms. The zero-order valence-electron chi connectivity index (χ0n) is 10.5. The number of nitrogens with zero attached hydrogens (tertiary/aromatic N) is 3. The summed E-state index contributed by atoms with van der Waals surface area (Å²) in [7, 11) is 0. The van der Waals surface area contributed by atoms with Crippen molar-refractivity contribution in [2.75, 3.05) is 13.1 Å². The molecular weight excluding hydrogens is 306 g/mol. The summed E-state index contributed by atoms with van der Waals surface area (Å²) in [6.45, 7) is 2.15. The van der Waals surface area contributed by atoms with E-state index in [-0.39, 0.29) is 5.56 Å². The van der Waals surface area contributed by atoms with E-state index in [0.717, 1.165) is 47.3 Å². The molecule has 4 heterocycles. The molecule has 0 aliphatic carbocycles. The second kappa shape index (κ2) is 4.15. The number of fused-ring (bicyclic) bond motifs is 4. The molecule has 2 aliphatic heterocycles. The Morgan fingerprint density at radius 3 is 3.16 bits per heavy atom. The van der Waals surface area contributed by atoms with Crippen molar-refractivity contribution >= 4 is 21.6 Å². The zero-order valence-corrected chi connectivity index (χ0v) is 12.1. The van der Waals surface area contributed by atoms with Crippen molar-refractivity contribution in [2.45, 2.75) is 25.3 Å². The van der Waals surface area contributed by atoms with Crippen molar-refractivity contribution in [1.29, 1.82) is 0 Å². The van der Waals surface area contributed by atoms with E-state index in [1.54, 1.807) is 4.40 Å². The summed E-state index contributed by atoms with van der Waals surface area (Å²) >= 11 is 3.43. The van der Waals surface area contributed by atoms with Gasteiger partial charge in [0.2, 0.25) is 0 Å². The highest BCUT2D eigenvalue weighted by Crippen LogP contribution is 2.35. The molecule has 1 fully saturated rings. The SMILES string of the molecule is O=c1c2c(nc3cc(Br)ccn13)CCN1CCC[C@@H]21. The number of halogens is 1. The van der Waals surface area contributed by atoms with Gasteiger partial charge in [-0.2, -0.15) is 0 Å². The lowest BCUT2D eigenvalue weighted by Crippen LogP contribution is -2.37. The Labute approximate surface area is 119 Å². The molecular formula is C14H14BrN3O. The minimum absolute atomic E-state index is 0.115. The predicted octanol–water partition coefficient (Wildman–Crippen LogP) is 2.15. The van der Waals surface area contributed by atoms with Gasteiger partial charge in [0.05, 0.1) is 11.3 Å². The average Bonchev–Trinajstić information content (AvgIpc) is 2.86. The van der Waals surface area contributed by atoms with E-state index in [1.165, 1.54) is 6.42 Å². The van der Waals surface area contributed by atoms with Crippen LogP contribution < -0.4 is 5.56 Å². The summed E-state index contributed by atoms with van der Waals surface area (Å²) < 4.78 is 2.63. The van der Waals surface area contributed by atoms with E-state index in [0.29, 0.717) is 6.04 Å². The standard InChI is InChI=1S/C14H14BrN3O/c15-9-3-7-18-12(8-9)16-10-4-6-17-5-1-2-11(17)13(10)14(18)19/h3,7-8,11H,1-2,4-6H2/t11-/m0/s1. The molecule has 0 aromatic carbocycles. The first kappa shape index (κ1) is 11.6. The van der Waals surface area contributed by atoms with Gasteiger partial charge < -0.3 is 0 Å². The second-order valence-corrected chi connectivity index (χ2v) is 6.21. The third-order valence-corrected chi connectivity index (χ3v) is 4.73. The molecule has 0 N–H and O–H groups in total. The molecule has 0 bridgehead atoms. The fourth-order valence-corrected chi connectivity index (χ4v) is 3.69. The van der Waals surface area contributed by atoms with Gasteiger partial charge >= 0.3 is 0 Å². The van der Waals surface area contributed by atoms with Crippen LogP contribution in [0.15, 0.2) is 27.6 Å². The van der Waals surface area contributed by atoms with Crippen molar-refractivity contribution < 1.29 is 0 Å².